The maximum Gasteiger partial charge on any atom is 0.229 e. The highest BCUT2D eigenvalue weighted by molar-refractivity contribution is 8.13. The smallest absolute Gasteiger partial charge is 0.229 e. The Bertz CT molecular complexity index is 1620. The first-order valence-electron chi connectivity index (χ1n) is 16.2. The van der Waals surface area contributed by atoms with Crippen LogP contribution in [0.4, 0.5) is 11.4 Å². The molecule has 47 heavy (non-hydrogen) atoms. The lowest BCUT2D eigenvalue weighted by atomic mass is 9.77. The molecule has 2 aromatic rings. The van der Waals surface area contributed by atoms with Gasteiger partial charge in [0.2, 0.25) is 19.1 Å². The molecule has 4 saturated heterocycles. The third-order valence-electron chi connectivity index (χ3n) is 10.2. The van der Waals surface area contributed by atoms with E-state index in [1.54, 1.807) is 4.31 Å². The molecule has 13 heteroatoms. The third-order valence-corrected chi connectivity index (χ3v) is 11.4. The molecular weight excluding hydrogens is 660 g/mol. The molecule has 2 aromatic carbocycles. The van der Waals surface area contributed by atoms with E-state index in [1.807, 2.05) is 31.2 Å². The quantitative estimate of drug-likeness (QED) is 0.350. The molecule has 10 nitrogen and oxygen atoms in total. The molecule has 0 unspecified atom stereocenters. The van der Waals surface area contributed by atoms with E-state index in [0.717, 1.165) is 92.3 Å². The average molecular weight is 709 g/mol. The van der Waals surface area contributed by atoms with Gasteiger partial charge in [0.15, 0.2) is 12.6 Å². The predicted molar refractivity (Wildman–Crippen MR) is 190 cm³/mol. The summed E-state index contributed by atoms with van der Waals surface area (Å²) in [5, 5.41) is 3.49. The fraction of sp³-hybridized carbons (Fsp3) is 0.588. The molecule has 0 aromatic heterocycles. The van der Waals surface area contributed by atoms with Gasteiger partial charge >= 0.3 is 0 Å². The minimum Gasteiger partial charge on any atom is -0.371 e. The summed E-state index contributed by atoms with van der Waals surface area (Å²) in [6.45, 7) is 11.7. The molecule has 4 heterocycles. The molecule has 0 atom stereocenters. The Morgan fingerprint density at radius 2 is 1.13 bits per heavy atom. The van der Waals surface area contributed by atoms with Crippen LogP contribution in [0.5, 0.6) is 0 Å². The van der Waals surface area contributed by atoms with Gasteiger partial charge in [-0.25, -0.2) is 21.1 Å². The zero-order chi connectivity index (χ0) is 34.5. The van der Waals surface area contributed by atoms with Crippen LogP contribution in [-0.2, 0) is 19.1 Å². The van der Waals surface area contributed by atoms with Crippen LogP contribution < -0.4 is 15.1 Å². The lowest BCUT2D eigenvalue weighted by Crippen LogP contribution is -2.42. The summed E-state index contributed by atoms with van der Waals surface area (Å²) < 4.78 is 43.9. The standard InChI is InChI=1S/C17H24N2O3S.C16H22N2O.CH3ClO2S/c1-14-3-4-15(12-20)16(11-14)18-8-5-17(6-9-18)7-10-19(13-17)23(2,21)22;1-13-2-3-14(11-19)15(10-13)18-8-5-16(6-9-18)4-7-17-12-16;1-5(2,3)4/h3-4,11-12H,5-10,13H2,1-2H3;2-3,10-11,17H,4-9,12H2,1H3;1H3. The van der Waals surface area contributed by atoms with Crippen LogP contribution in [0.25, 0.3) is 0 Å². The largest absolute Gasteiger partial charge is 0.371 e. The number of carbonyl (C=O) groups excluding carboxylic acids is 2. The molecule has 0 saturated carbocycles. The van der Waals surface area contributed by atoms with Gasteiger partial charge in [0, 0.05) is 79.0 Å². The van der Waals surface area contributed by atoms with E-state index in [0.29, 0.717) is 18.5 Å². The van der Waals surface area contributed by atoms with Crippen molar-refractivity contribution in [1.82, 2.24) is 9.62 Å². The van der Waals surface area contributed by atoms with Crippen LogP contribution in [0.15, 0.2) is 36.4 Å². The van der Waals surface area contributed by atoms with Crippen molar-refractivity contribution in [3.63, 3.8) is 0 Å². The first-order valence-corrected chi connectivity index (χ1v) is 20.8. The van der Waals surface area contributed by atoms with Crippen molar-refractivity contribution in [3.8, 4) is 0 Å². The molecule has 2 spiro atoms. The number of rotatable bonds is 5. The Morgan fingerprint density at radius 1 is 0.702 bits per heavy atom. The van der Waals surface area contributed by atoms with Gasteiger partial charge in [-0.3, -0.25) is 9.59 Å². The van der Waals surface area contributed by atoms with Gasteiger partial charge in [0.05, 0.1) is 12.5 Å². The van der Waals surface area contributed by atoms with Crippen molar-refractivity contribution in [2.24, 2.45) is 10.8 Å². The van der Waals surface area contributed by atoms with Gasteiger partial charge in [-0.05, 0) is 105 Å². The van der Waals surface area contributed by atoms with Crippen molar-refractivity contribution in [3.05, 3.63) is 58.7 Å². The summed E-state index contributed by atoms with van der Waals surface area (Å²) in [5.41, 5.74) is 6.70. The van der Waals surface area contributed by atoms with E-state index in [-0.39, 0.29) is 5.41 Å². The van der Waals surface area contributed by atoms with E-state index >= 15 is 0 Å². The van der Waals surface area contributed by atoms with E-state index in [1.165, 1.54) is 44.2 Å². The van der Waals surface area contributed by atoms with Crippen LogP contribution in [0.3, 0.4) is 0 Å². The number of nitrogens with zero attached hydrogens (tertiary/aromatic N) is 3. The van der Waals surface area contributed by atoms with Crippen molar-refractivity contribution < 1.29 is 26.4 Å². The monoisotopic (exact) mass is 708 g/mol. The van der Waals surface area contributed by atoms with Gasteiger partial charge in [-0.15, -0.1) is 0 Å². The second-order valence-corrected chi connectivity index (χ2v) is 18.8. The number of nitrogens with one attached hydrogen (secondary N) is 1. The Kier molecular flexibility index (Phi) is 12.2. The second kappa shape index (κ2) is 15.4. The van der Waals surface area contributed by atoms with Gasteiger partial charge in [-0.2, -0.15) is 0 Å². The summed E-state index contributed by atoms with van der Waals surface area (Å²) in [7, 11) is -1.78. The summed E-state index contributed by atoms with van der Waals surface area (Å²) >= 11 is 0. The number of anilines is 2. The Labute approximate surface area is 285 Å². The number of piperidine rings is 2. The predicted octanol–water partition coefficient (Wildman–Crippen LogP) is 4.63. The number of hydrogen-bond donors (Lipinski definition) is 1. The fourth-order valence-electron chi connectivity index (χ4n) is 7.31. The molecule has 4 aliphatic heterocycles. The van der Waals surface area contributed by atoms with Crippen LogP contribution in [0.1, 0.15) is 70.4 Å². The summed E-state index contributed by atoms with van der Waals surface area (Å²) in [5.74, 6) is 0. The van der Waals surface area contributed by atoms with E-state index in [2.05, 4.69) is 44.9 Å². The molecule has 0 bridgehead atoms. The van der Waals surface area contributed by atoms with Crippen LogP contribution >= 0.6 is 10.7 Å². The number of benzene rings is 2. The minimum atomic E-state index is -3.19. The number of aldehydes is 2. The number of halogens is 1. The third kappa shape index (κ3) is 10.2. The molecule has 6 rings (SSSR count). The molecule has 4 fully saturated rings. The van der Waals surface area contributed by atoms with Crippen molar-refractivity contribution in [2.75, 3.05) is 74.7 Å². The van der Waals surface area contributed by atoms with Crippen LogP contribution in [-0.4, -0.2) is 98.6 Å². The van der Waals surface area contributed by atoms with Crippen LogP contribution in [0.2, 0.25) is 0 Å². The number of sulfonamides is 1. The number of carbonyl (C=O) groups is 2. The first kappa shape index (κ1) is 37.3. The van der Waals surface area contributed by atoms with Crippen molar-refractivity contribution in [2.45, 2.75) is 52.4 Å². The first-order chi connectivity index (χ1) is 22.1. The highest BCUT2D eigenvalue weighted by atomic mass is 35.7. The molecule has 0 aliphatic carbocycles. The topological polar surface area (TPSA) is 124 Å². The van der Waals surface area contributed by atoms with E-state index in [9.17, 15) is 26.4 Å². The maximum absolute atomic E-state index is 11.7. The van der Waals surface area contributed by atoms with Gasteiger partial charge < -0.3 is 15.1 Å². The molecule has 260 valence electrons. The van der Waals surface area contributed by atoms with Crippen molar-refractivity contribution >= 4 is 53.7 Å². The van der Waals surface area contributed by atoms with Gasteiger partial charge in [0.25, 0.3) is 0 Å². The average Bonchev–Trinajstić information content (AvgIpc) is 3.65. The van der Waals surface area contributed by atoms with Crippen LogP contribution in [0, 0.1) is 24.7 Å². The Balaban J connectivity index is 0.000000189. The highest BCUT2D eigenvalue weighted by Crippen LogP contribution is 2.42. The summed E-state index contributed by atoms with van der Waals surface area (Å²) in [4.78, 5) is 27.1. The van der Waals surface area contributed by atoms with Crippen molar-refractivity contribution in [1.29, 1.82) is 0 Å². The number of aryl methyl sites for hydroxylation is 2. The molecule has 0 amide bonds. The highest BCUT2D eigenvalue weighted by Gasteiger charge is 2.43. The minimum absolute atomic E-state index is 0.116. The summed E-state index contributed by atoms with van der Waals surface area (Å²) in [6.07, 6.45) is 10.8. The zero-order valence-corrected chi connectivity index (χ0v) is 30.4. The van der Waals surface area contributed by atoms with Gasteiger partial charge in [0.1, 0.15) is 0 Å². The Hall–Kier alpha value is -2.51. The summed E-state index contributed by atoms with van der Waals surface area (Å²) in [6, 6.07) is 12.0. The molecule has 4 aliphatic rings. The maximum atomic E-state index is 11.7. The lowest BCUT2D eigenvalue weighted by Gasteiger charge is -2.40. The zero-order valence-electron chi connectivity index (χ0n) is 28.0. The van der Waals surface area contributed by atoms with Gasteiger partial charge in [-0.1, -0.05) is 12.1 Å². The molecule has 1 N–H and O–H groups in total. The normalized spacial score (nSPS) is 20.7. The second-order valence-electron chi connectivity index (χ2n) is 13.8. The lowest BCUT2D eigenvalue weighted by molar-refractivity contribution is 0.111. The Morgan fingerprint density at radius 3 is 1.49 bits per heavy atom. The fourth-order valence-corrected chi connectivity index (χ4v) is 8.24. The number of hydrogen-bond acceptors (Lipinski definition) is 9. The SMILES string of the molecule is CS(=O)(=O)Cl.Cc1ccc(C=O)c(N2CCC3(CC2)CCN(S(C)(=O)=O)C3)c1.Cc1ccc(C=O)c(N2CCC3(CCNC3)CC2)c1. The molecule has 0 radical (unpaired) electrons. The van der Waals surface area contributed by atoms with E-state index in [4.69, 9.17) is 0 Å². The molecular formula is C34H49ClN4O6S2. The van der Waals surface area contributed by atoms with E-state index < -0.39 is 19.1 Å².